The van der Waals surface area contributed by atoms with Crippen molar-refractivity contribution in [2.45, 2.75) is 39.0 Å². The van der Waals surface area contributed by atoms with E-state index in [2.05, 4.69) is 30.4 Å². The zero-order chi connectivity index (χ0) is 16.7. The number of para-hydroxylation sites is 1. The Labute approximate surface area is 138 Å². The number of hydrogen-bond acceptors (Lipinski definition) is 2. The van der Waals surface area contributed by atoms with Crippen molar-refractivity contribution in [2.75, 3.05) is 11.9 Å². The van der Waals surface area contributed by atoms with Gasteiger partial charge in [0.05, 0.1) is 5.92 Å². The van der Waals surface area contributed by atoms with E-state index in [4.69, 9.17) is 0 Å². The minimum absolute atomic E-state index is 0.535. The van der Waals surface area contributed by atoms with Crippen molar-refractivity contribution in [1.82, 2.24) is 0 Å². The van der Waals surface area contributed by atoms with Crippen LogP contribution in [-0.2, 0) is 4.79 Å². The lowest BCUT2D eigenvalue weighted by molar-refractivity contribution is -0.138. The molecule has 3 heteroatoms. The second-order valence-corrected chi connectivity index (χ2v) is 5.83. The van der Waals surface area contributed by atoms with Crippen LogP contribution < -0.4 is 5.32 Å². The van der Waals surface area contributed by atoms with Crippen LogP contribution in [0.25, 0.3) is 11.1 Å². The first-order chi connectivity index (χ1) is 11.1. The monoisotopic (exact) mass is 311 g/mol. The van der Waals surface area contributed by atoms with Gasteiger partial charge >= 0.3 is 5.97 Å². The molecule has 2 N–H and O–H groups in total. The van der Waals surface area contributed by atoms with Crippen LogP contribution in [0.3, 0.4) is 0 Å². The van der Waals surface area contributed by atoms with E-state index in [0.717, 1.165) is 35.3 Å². The molecular weight excluding hydrogens is 286 g/mol. The summed E-state index contributed by atoms with van der Waals surface area (Å²) in [6, 6.07) is 16.0. The van der Waals surface area contributed by atoms with Crippen molar-refractivity contribution >= 4 is 11.7 Å². The first kappa shape index (κ1) is 17.1. The van der Waals surface area contributed by atoms with Gasteiger partial charge < -0.3 is 10.4 Å². The molecule has 0 aliphatic heterocycles. The standard InChI is InChI=1S/C20H25NO2/c1-3-4-8-14-21-19-17(15(2)20(22)23)12-9-13-18(19)16-10-6-5-7-11-16/h5-7,9-13,15,21H,3-4,8,14H2,1-2H3,(H,22,23). The second-order valence-electron chi connectivity index (χ2n) is 5.83. The maximum absolute atomic E-state index is 11.4. The van der Waals surface area contributed by atoms with Crippen molar-refractivity contribution in [3.8, 4) is 11.1 Å². The van der Waals surface area contributed by atoms with Crippen LogP contribution in [0.1, 0.15) is 44.6 Å². The van der Waals surface area contributed by atoms with Crippen molar-refractivity contribution in [3.63, 3.8) is 0 Å². The molecule has 1 atom stereocenters. The summed E-state index contributed by atoms with van der Waals surface area (Å²) < 4.78 is 0. The zero-order valence-electron chi connectivity index (χ0n) is 13.9. The smallest absolute Gasteiger partial charge is 0.310 e. The van der Waals surface area contributed by atoms with E-state index in [0.29, 0.717) is 0 Å². The molecule has 122 valence electrons. The average molecular weight is 311 g/mol. The second kappa shape index (κ2) is 8.37. The Morgan fingerprint density at radius 2 is 1.83 bits per heavy atom. The molecule has 0 amide bonds. The topological polar surface area (TPSA) is 49.3 Å². The number of carboxylic acids is 1. The third kappa shape index (κ3) is 4.35. The highest BCUT2D eigenvalue weighted by molar-refractivity contribution is 5.85. The Kier molecular flexibility index (Phi) is 6.21. The summed E-state index contributed by atoms with van der Waals surface area (Å²) in [5.74, 6) is -1.33. The maximum atomic E-state index is 11.4. The Hall–Kier alpha value is -2.29. The normalized spacial score (nSPS) is 11.9. The molecule has 0 aliphatic rings. The molecule has 0 saturated carbocycles. The van der Waals surface area contributed by atoms with Crippen LogP contribution in [-0.4, -0.2) is 17.6 Å². The van der Waals surface area contributed by atoms with Crippen LogP contribution in [0.15, 0.2) is 48.5 Å². The van der Waals surface area contributed by atoms with Crippen molar-refractivity contribution < 1.29 is 9.90 Å². The highest BCUT2D eigenvalue weighted by Crippen LogP contribution is 2.35. The third-order valence-corrected chi connectivity index (χ3v) is 4.10. The molecule has 0 heterocycles. The van der Waals surface area contributed by atoms with Gasteiger partial charge in [0.25, 0.3) is 0 Å². The van der Waals surface area contributed by atoms with Gasteiger partial charge in [-0.1, -0.05) is 68.3 Å². The maximum Gasteiger partial charge on any atom is 0.310 e. The fourth-order valence-corrected chi connectivity index (χ4v) is 2.71. The molecule has 0 radical (unpaired) electrons. The van der Waals surface area contributed by atoms with Gasteiger partial charge in [-0.15, -0.1) is 0 Å². The third-order valence-electron chi connectivity index (χ3n) is 4.10. The quantitative estimate of drug-likeness (QED) is 0.663. The van der Waals surface area contributed by atoms with Crippen LogP contribution in [0, 0.1) is 0 Å². The Morgan fingerprint density at radius 3 is 2.48 bits per heavy atom. The van der Waals surface area contributed by atoms with Crippen molar-refractivity contribution in [2.24, 2.45) is 0 Å². The number of nitrogens with one attached hydrogen (secondary N) is 1. The molecule has 2 aromatic carbocycles. The molecule has 0 aliphatic carbocycles. The molecule has 0 fully saturated rings. The number of anilines is 1. The summed E-state index contributed by atoms with van der Waals surface area (Å²) in [6.07, 6.45) is 3.42. The van der Waals surface area contributed by atoms with E-state index in [-0.39, 0.29) is 0 Å². The first-order valence-corrected chi connectivity index (χ1v) is 8.30. The number of benzene rings is 2. The van der Waals surface area contributed by atoms with Crippen LogP contribution in [0.2, 0.25) is 0 Å². The minimum atomic E-state index is -0.799. The molecule has 2 rings (SSSR count). The zero-order valence-corrected chi connectivity index (χ0v) is 13.9. The highest BCUT2D eigenvalue weighted by Gasteiger charge is 2.19. The number of unbranched alkanes of at least 4 members (excludes halogenated alkanes) is 2. The summed E-state index contributed by atoms with van der Waals surface area (Å²) in [6.45, 7) is 4.77. The number of rotatable bonds is 8. The largest absolute Gasteiger partial charge is 0.481 e. The summed E-state index contributed by atoms with van der Waals surface area (Å²) in [7, 11) is 0. The van der Waals surface area contributed by atoms with Crippen LogP contribution >= 0.6 is 0 Å². The predicted octanol–water partition coefficient (Wildman–Crippen LogP) is 5.14. The lowest BCUT2D eigenvalue weighted by Crippen LogP contribution is -2.12. The first-order valence-electron chi connectivity index (χ1n) is 8.30. The fraction of sp³-hybridized carbons (Fsp3) is 0.350. The Morgan fingerprint density at radius 1 is 1.09 bits per heavy atom. The van der Waals surface area contributed by atoms with Gasteiger partial charge in [-0.2, -0.15) is 0 Å². The molecule has 2 aromatic rings. The molecule has 0 bridgehead atoms. The molecular formula is C20H25NO2. The number of aliphatic carboxylic acids is 1. The average Bonchev–Trinajstić information content (AvgIpc) is 2.58. The Bertz CT molecular complexity index is 637. The van der Waals surface area contributed by atoms with Gasteiger partial charge in [0, 0.05) is 17.8 Å². The molecule has 1 unspecified atom stereocenters. The van der Waals surface area contributed by atoms with Gasteiger partial charge in [-0.25, -0.2) is 0 Å². The lowest BCUT2D eigenvalue weighted by atomic mass is 9.93. The van der Waals surface area contributed by atoms with E-state index in [1.165, 1.54) is 12.8 Å². The Balaban J connectivity index is 2.40. The summed E-state index contributed by atoms with van der Waals surface area (Å²) >= 11 is 0. The molecule has 3 nitrogen and oxygen atoms in total. The van der Waals surface area contributed by atoms with Crippen molar-refractivity contribution in [3.05, 3.63) is 54.1 Å². The van der Waals surface area contributed by atoms with E-state index in [9.17, 15) is 9.90 Å². The van der Waals surface area contributed by atoms with Crippen LogP contribution in [0.5, 0.6) is 0 Å². The van der Waals surface area contributed by atoms with E-state index in [1.807, 2.05) is 30.3 Å². The molecule has 0 aromatic heterocycles. The van der Waals surface area contributed by atoms with Gasteiger partial charge in [0.15, 0.2) is 0 Å². The van der Waals surface area contributed by atoms with Crippen molar-refractivity contribution in [1.29, 1.82) is 0 Å². The van der Waals surface area contributed by atoms with Crippen LogP contribution in [0.4, 0.5) is 5.69 Å². The highest BCUT2D eigenvalue weighted by atomic mass is 16.4. The van der Waals surface area contributed by atoms with E-state index in [1.54, 1.807) is 6.92 Å². The molecule has 0 saturated heterocycles. The summed E-state index contributed by atoms with van der Waals surface area (Å²) in [5.41, 5.74) is 3.96. The minimum Gasteiger partial charge on any atom is -0.481 e. The number of carboxylic acid groups (broad SMARTS) is 1. The summed E-state index contributed by atoms with van der Waals surface area (Å²) in [5, 5.41) is 12.9. The van der Waals surface area contributed by atoms with Gasteiger partial charge in [0.2, 0.25) is 0 Å². The lowest BCUT2D eigenvalue weighted by Gasteiger charge is -2.19. The fourth-order valence-electron chi connectivity index (χ4n) is 2.71. The van der Waals surface area contributed by atoms with Gasteiger partial charge in [-0.05, 0) is 24.5 Å². The number of carbonyl (C=O) groups is 1. The van der Waals surface area contributed by atoms with E-state index < -0.39 is 11.9 Å². The van der Waals surface area contributed by atoms with E-state index >= 15 is 0 Å². The molecule has 0 spiro atoms. The van der Waals surface area contributed by atoms with Gasteiger partial charge in [0.1, 0.15) is 0 Å². The predicted molar refractivity (Wildman–Crippen MR) is 95.9 cm³/mol. The SMILES string of the molecule is CCCCCNc1c(-c2ccccc2)cccc1C(C)C(=O)O. The molecule has 23 heavy (non-hydrogen) atoms. The van der Waals surface area contributed by atoms with Gasteiger partial charge in [-0.3, -0.25) is 4.79 Å². The summed E-state index contributed by atoms with van der Waals surface area (Å²) in [4.78, 5) is 11.4. The number of hydrogen-bond donors (Lipinski definition) is 2.